The standard InChI is InChI=1S/C18H22ClN3O3/c1-2-18(12-7-9-13(19)10-8-12)16(24)22(17(25)21-18)11-15(23)20-14-5-3-4-6-14/h7-10,14H,2-6,11H2,1H3,(H,20,23)(H,21,25)/t18-/m0/s1. The van der Waals surface area contributed by atoms with Gasteiger partial charge < -0.3 is 10.6 Å². The topological polar surface area (TPSA) is 78.5 Å². The summed E-state index contributed by atoms with van der Waals surface area (Å²) in [6.45, 7) is 1.57. The Kier molecular flexibility index (Phi) is 4.99. The lowest BCUT2D eigenvalue weighted by atomic mass is 9.87. The number of hydrogen-bond acceptors (Lipinski definition) is 3. The highest BCUT2D eigenvalue weighted by atomic mass is 35.5. The number of benzene rings is 1. The molecule has 25 heavy (non-hydrogen) atoms. The van der Waals surface area contributed by atoms with Crippen molar-refractivity contribution in [2.75, 3.05) is 6.54 Å². The zero-order valence-electron chi connectivity index (χ0n) is 14.2. The molecule has 1 heterocycles. The van der Waals surface area contributed by atoms with Crippen LogP contribution in [-0.4, -0.2) is 35.3 Å². The van der Waals surface area contributed by atoms with Gasteiger partial charge in [0.15, 0.2) is 0 Å². The van der Waals surface area contributed by atoms with Crippen LogP contribution in [0.4, 0.5) is 4.79 Å². The first kappa shape index (κ1) is 17.7. The molecule has 0 radical (unpaired) electrons. The molecule has 1 aromatic rings. The maximum absolute atomic E-state index is 13.0. The molecule has 2 aliphatic rings. The van der Waals surface area contributed by atoms with Gasteiger partial charge in [0.2, 0.25) is 5.91 Å². The lowest BCUT2D eigenvalue weighted by Crippen LogP contribution is -2.45. The summed E-state index contributed by atoms with van der Waals surface area (Å²) in [5.74, 6) is -0.692. The van der Waals surface area contributed by atoms with E-state index in [9.17, 15) is 14.4 Å². The molecule has 6 nitrogen and oxygen atoms in total. The second kappa shape index (κ2) is 7.04. The van der Waals surface area contributed by atoms with E-state index in [4.69, 9.17) is 11.6 Å². The van der Waals surface area contributed by atoms with Gasteiger partial charge in [-0.3, -0.25) is 14.5 Å². The number of carbonyl (C=O) groups excluding carboxylic acids is 3. The summed E-state index contributed by atoms with van der Waals surface area (Å²) in [4.78, 5) is 38.5. The van der Waals surface area contributed by atoms with Gasteiger partial charge in [0.05, 0.1) is 0 Å². The largest absolute Gasteiger partial charge is 0.352 e. The van der Waals surface area contributed by atoms with Crippen molar-refractivity contribution in [1.29, 1.82) is 0 Å². The summed E-state index contributed by atoms with van der Waals surface area (Å²) in [5.41, 5.74) is -0.480. The van der Waals surface area contributed by atoms with Gasteiger partial charge in [0.1, 0.15) is 12.1 Å². The van der Waals surface area contributed by atoms with E-state index >= 15 is 0 Å². The lowest BCUT2D eigenvalue weighted by Gasteiger charge is -2.26. The summed E-state index contributed by atoms with van der Waals surface area (Å²) in [5, 5.41) is 6.23. The zero-order chi connectivity index (χ0) is 18.0. The smallest absolute Gasteiger partial charge is 0.325 e. The number of halogens is 1. The van der Waals surface area contributed by atoms with Gasteiger partial charge in [0.25, 0.3) is 5.91 Å². The Morgan fingerprint density at radius 1 is 1.28 bits per heavy atom. The molecule has 4 amide bonds. The van der Waals surface area contributed by atoms with E-state index in [2.05, 4.69) is 10.6 Å². The van der Waals surface area contributed by atoms with Crippen LogP contribution in [0.15, 0.2) is 24.3 Å². The molecule has 0 unspecified atom stereocenters. The highest BCUT2D eigenvalue weighted by Gasteiger charge is 2.51. The molecule has 0 spiro atoms. The van der Waals surface area contributed by atoms with Crippen molar-refractivity contribution in [3.63, 3.8) is 0 Å². The third-order valence-electron chi connectivity index (χ3n) is 5.07. The van der Waals surface area contributed by atoms with Gasteiger partial charge in [-0.1, -0.05) is 43.5 Å². The van der Waals surface area contributed by atoms with Crippen molar-refractivity contribution in [3.05, 3.63) is 34.9 Å². The minimum atomic E-state index is -1.14. The van der Waals surface area contributed by atoms with E-state index in [1.54, 1.807) is 24.3 Å². The lowest BCUT2D eigenvalue weighted by molar-refractivity contribution is -0.135. The Hall–Kier alpha value is -2.08. The van der Waals surface area contributed by atoms with E-state index < -0.39 is 17.5 Å². The fraction of sp³-hybridized carbons (Fsp3) is 0.500. The quantitative estimate of drug-likeness (QED) is 0.789. The molecule has 2 fully saturated rings. The van der Waals surface area contributed by atoms with Crippen molar-refractivity contribution in [2.24, 2.45) is 0 Å². The van der Waals surface area contributed by atoms with Gasteiger partial charge in [-0.15, -0.1) is 0 Å². The molecule has 3 rings (SSSR count). The molecule has 1 aromatic carbocycles. The monoisotopic (exact) mass is 363 g/mol. The van der Waals surface area contributed by atoms with Gasteiger partial charge >= 0.3 is 6.03 Å². The fourth-order valence-corrected chi connectivity index (χ4v) is 3.76. The van der Waals surface area contributed by atoms with E-state index in [-0.39, 0.29) is 18.5 Å². The van der Waals surface area contributed by atoms with Crippen LogP contribution in [0, 0.1) is 0 Å². The highest BCUT2D eigenvalue weighted by molar-refractivity contribution is 6.30. The Morgan fingerprint density at radius 2 is 1.92 bits per heavy atom. The van der Waals surface area contributed by atoms with Crippen LogP contribution in [-0.2, 0) is 15.1 Å². The van der Waals surface area contributed by atoms with Crippen molar-refractivity contribution in [1.82, 2.24) is 15.5 Å². The second-order valence-electron chi connectivity index (χ2n) is 6.64. The normalized spacial score (nSPS) is 23.8. The molecule has 134 valence electrons. The summed E-state index contributed by atoms with van der Waals surface area (Å²) < 4.78 is 0. The minimum Gasteiger partial charge on any atom is -0.352 e. The Balaban J connectivity index is 1.76. The molecule has 7 heteroatoms. The van der Waals surface area contributed by atoms with Gasteiger partial charge in [-0.05, 0) is 37.0 Å². The Morgan fingerprint density at radius 3 is 2.52 bits per heavy atom. The van der Waals surface area contributed by atoms with E-state index in [1.165, 1.54) is 0 Å². The summed E-state index contributed by atoms with van der Waals surface area (Å²) >= 11 is 5.91. The van der Waals surface area contributed by atoms with Gasteiger partial charge in [0, 0.05) is 11.1 Å². The molecule has 1 atom stereocenters. The number of carbonyl (C=O) groups is 3. The van der Waals surface area contributed by atoms with E-state index in [0.29, 0.717) is 17.0 Å². The van der Waals surface area contributed by atoms with E-state index in [0.717, 1.165) is 30.6 Å². The maximum atomic E-state index is 13.0. The Bertz CT molecular complexity index is 685. The highest BCUT2D eigenvalue weighted by Crippen LogP contribution is 2.33. The fourth-order valence-electron chi connectivity index (χ4n) is 3.63. The summed E-state index contributed by atoms with van der Waals surface area (Å²) in [7, 11) is 0. The first-order valence-corrected chi connectivity index (χ1v) is 9.03. The third-order valence-corrected chi connectivity index (χ3v) is 5.32. The van der Waals surface area contributed by atoms with Gasteiger partial charge in [-0.2, -0.15) is 0 Å². The van der Waals surface area contributed by atoms with Crippen molar-refractivity contribution < 1.29 is 14.4 Å². The first-order chi connectivity index (χ1) is 12.0. The number of nitrogens with zero attached hydrogens (tertiary/aromatic N) is 1. The van der Waals surface area contributed by atoms with Crippen LogP contribution in [0.25, 0.3) is 0 Å². The average molecular weight is 364 g/mol. The third kappa shape index (κ3) is 3.35. The number of rotatable bonds is 5. The van der Waals surface area contributed by atoms with Gasteiger partial charge in [-0.25, -0.2) is 4.79 Å². The number of nitrogens with one attached hydrogen (secondary N) is 2. The molecule has 1 aliphatic carbocycles. The SMILES string of the molecule is CC[C@@]1(c2ccc(Cl)cc2)NC(=O)N(CC(=O)NC2CCCC2)C1=O. The predicted molar refractivity (Wildman–Crippen MR) is 94.1 cm³/mol. The molecule has 2 N–H and O–H groups in total. The van der Waals surface area contributed by atoms with E-state index in [1.807, 2.05) is 6.92 Å². The number of hydrogen-bond donors (Lipinski definition) is 2. The molecule has 0 aromatic heterocycles. The second-order valence-corrected chi connectivity index (χ2v) is 7.07. The minimum absolute atomic E-state index is 0.153. The molecule has 1 saturated heterocycles. The number of amides is 4. The van der Waals surface area contributed by atoms with Crippen molar-refractivity contribution in [3.8, 4) is 0 Å². The molecule has 1 aliphatic heterocycles. The van der Waals surface area contributed by atoms with Crippen molar-refractivity contribution >= 4 is 29.4 Å². The van der Waals surface area contributed by atoms with Crippen LogP contribution in [0.1, 0.15) is 44.6 Å². The molecule has 1 saturated carbocycles. The summed E-state index contributed by atoms with van der Waals surface area (Å²) in [6, 6.07) is 6.44. The number of imide groups is 1. The summed E-state index contributed by atoms with van der Waals surface area (Å²) in [6.07, 6.45) is 4.50. The molecule has 0 bridgehead atoms. The van der Waals surface area contributed by atoms with Crippen LogP contribution < -0.4 is 10.6 Å². The molecular weight excluding hydrogens is 342 g/mol. The zero-order valence-corrected chi connectivity index (χ0v) is 14.9. The Labute approximate surface area is 151 Å². The van der Waals surface area contributed by atoms with Crippen LogP contribution in [0.5, 0.6) is 0 Å². The van der Waals surface area contributed by atoms with Crippen LogP contribution in [0.2, 0.25) is 5.02 Å². The predicted octanol–water partition coefficient (Wildman–Crippen LogP) is 2.56. The van der Waals surface area contributed by atoms with Crippen LogP contribution >= 0.6 is 11.6 Å². The first-order valence-electron chi connectivity index (χ1n) is 8.66. The van der Waals surface area contributed by atoms with Crippen LogP contribution in [0.3, 0.4) is 0 Å². The number of urea groups is 1. The molecular formula is C18H22ClN3O3. The maximum Gasteiger partial charge on any atom is 0.325 e. The van der Waals surface area contributed by atoms with Crippen molar-refractivity contribution in [2.45, 2.75) is 50.6 Å². The average Bonchev–Trinajstić information content (AvgIpc) is 3.18.